The van der Waals surface area contributed by atoms with E-state index in [1.165, 1.54) is 11.5 Å². The third-order valence-electron chi connectivity index (χ3n) is 1.53. The molecule has 1 heterocycles. The average molecular weight is 229 g/mol. The monoisotopic (exact) mass is 228 g/mol. The smallest absolute Gasteiger partial charge is 0.0571 e. The molecule has 2 rings (SSSR count). The maximum absolute atomic E-state index is 5.78. The summed E-state index contributed by atoms with van der Waals surface area (Å²) in [5, 5.41) is 1.03. The van der Waals surface area contributed by atoms with Crippen molar-refractivity contribution in [1.82, 2.24) is 4.37 Å². The molecule has 0 atom stereocenters. The second kappa shape index (κ2) is 2.46. The Hall–Kier alpha value is -0.610. The summed E-state index contributed by atoms with van der Waals surface area (Å²) in [6.45, 7) is 0. The van der Waals surface area contributed by atoms with E-state index in [0.717, 1.165) is 20.2 Å². The number of benzene rings is 1. The van der Waals surface area contributed by atoms with Gasteiger partial charge in [0.2, 0.25) is 0 Å². The standard InChI is InChI=1S/C7H5BrN2S/c8-5-1-2-6-4(7(5)9)3-10-11-6/h1-3H,9H2. The Balaban J connectivity index is 2.93. The Morgan fingerprint density at radius 2 is 2.27 bits per heavy atom. The Morgan fingerprint density at radius 3 is 3.09 bits per heavy atom. The van der Waals surface area contributed by atoms with Gasteiger partial charge in [-0.15, -0.1) is 0 Å². The van der Waals surface area contributed by atoms with E-state index in [2.05, 4.69) is 20.3 Å². The van der Waals surface area contributed by atoms with Crippen LogP contribution >= 0.6 is 27.5 Å². The van der Waals surface area contributed by atoms with Gasteiger partial charge in [-0.25, -0.2) is 0 Å². The summed E-state index contributed by atoms with van der Waals surface area (Å²) in [7, 11) is 0. The molecular formula is C7H5BrN2S. The highest BCUT2D eigenvalue weighted by molar-refractivity contribution is 9.10. The van der Waals surface area contributed by atoms with Crippen LogP contribution in [0.1, 0.15) is 0 Å². The SMILES string of the molecule is Nc1c(Br)ccc2sncc12. The van der Waals surface area contributed by atoms with Gasteiger partial charge in [0, 0.05) is 9.86 Å². The van der Waals surface area contributed by atoms with Gasteiger partial charge in [-0.3, -0.25) is 0 Å². The summed E-state index contributed by atoms with van der Waals surface area (Å²) in [5.74, 6) is 0. The van der Waals surface area contributed by atoms with Crippen LogP contribution < -0.4 is 5.73 Å². The lowest BCUT2D eigenvalue weighted by atomic mass is 10.2. The van der Waals surface area contributed by atoms with Crippen molar-refractivity contribution in [3.8, 4) is 0 Å². The molecule has 0 bridgehead atoms. The van der Waals surface area contributed by atoms with Crippen LogP contribution in [0.15, 0.2) is 22.8 Å². The molecule has 0 amide bonds. The lowest BCUT2D eigenvalue weighted by molar-refractivity contribution is 1.60. The number of hydrogen-bond donors (Lipinski definition) is 1. The van der Waals surface area contributed by atoms with Gasteiger partial charge in [-0.1, -0.05) is 0 Å². The van der Waals surface area contributed by atoms with Crippen LogP contribution in [0.3, 0.4) is 0 Å². The summed E-state index contributed by atoms with van der Waals surface area (Å²) in [4.78, 5) is 0. The molecule has 0 aliphatic carbocycles. The maximum Gasteiger partial charge on any atom is 0.0571 e. The van der Waals surface area contributed by atoms with Crippen LogP contribution in [-0.4, -0.2) is 4.37 Å². The van der Waals surface area contributed by atoms with Crippen molar-refractivity contribution in [2.24, 2.45) is 0 Å². The lowest BCUT2D eigenvalue weighted by Crippen LogP contribution is -1.85. The van der Waals surface area contributed by atoms with Crippen molar-refractivity contribution in [1.29, 1.82) is 0 Å². The number of halogens is 1. The van der Waals surface area contributed by atoms with Crippen LogP contribution in [0.25, 0.3) is 10.1 Å². The number of fused-ring (bicyclic) bond motifs is 1. The van der Waals surface area contributed by atoms with Crippen LogP contribution in [0.2, 0.25) is 0 Å². The second-order valence-corrected chi connectivity index (χ2v) is 3.89. The Labute approximate surface area is 76.3 Å². The van der Waals surface area contributed by atoms with Crippen molar-refractivity contribution >= 4 is 43.2 Å². The third kappa shape index (κ3) is 1.02. The van der Waals surface area contributed by atoms with Gasteiger partial charge < -0.3 is 5.73 Å². The van der Waals surface area contributed by atoms with Crippen molar-refractivity contribution < 1.29 is 0 Å². The number of rotatable bonds is 0. The molecule has 0 saturated carbocycles. The number of nitrogens with zero attached hydrogens (tertiary/aromatic N) is 1. The van der Waals surface area contributed by atoms with E-state index in [1.807, 2.05) is 12.1 Å². The number of nitrogens with two attached hydrogens (primary N) is 1. The molecule has 0 radical (unpaired) electrons. The fourth-order valence-electron chi connectivity index (χ4n) is 0.938. The summed E-state index contributed by atoms with van der Waals surface area (Å²) >= 11 is 4.81. The molecule has 1 aromatic heterocycles. The minimum atomic E-state index is 0.774. The van der Waals surface area contributed by atoms with E-state index < -0.39 is 0 Å². The molecule has 0 aliphatic rings. The quantitative estimate of drug-likeness (QED) is 0.705. The molecule has 56 valence electrons. The lowest BCUT2D eigenvalue weighted by Gasteiger charge is -1.96. The molecule has 2 nitrogen and oxygen atoms in total. The summed E-state index contributed by atoms with van der Waals surface area (Å²) < 4.78 is 6.11. The number of hydrogen-bond acceptors (Lipinski definition) is 3. The first-order valence-corrected chi connectivity index (χ1v) is 4.64. The molecule has 0 fully saturated rings. The summed E-state index contributed by atoms with van der Waals surface area (Å²) in [6, 6.07) is 3.95. The Kier molecular flexibility index (Phi) is 1.58. The topological polar surface area (TPSA) is 38.9 Å². The molecule has 0 spiro atoms. The highest BCUT2D eigenvalue weighted by atomic mass is 79.9. The minimum Gasteiger partial charge on any atom is -0.397 e. The average Bonchev–Trinajstić information content (AvgIpc) is 2.45. The molecule has 0 aliphatic heterocycles. The first kappa shape index (κ1) is 7.06. The van der Waals surface area contributed by atoms with E-state index in [-0.39, 0.29) is 0 Å². The van der Waals surface area contributed by atoms with Gasteiger partial charge >= 0.3 is 0 Å². The van der Waals surface area contributed by atoms with E-state index in [0.29, 0.717) is 0 Å². The minimum absolute atomic E-state index is 0.774. The van der Waals surface area contributed by atoms with Gasteiger partial charge in [0.15, 0.2) is 0 Å². The summed E-state index contributed by atoms with van der Waals surface area (Å²) in [6.07, 6.45) is 1.79. The van der Waals surface area contributed by atoms with Crippen molar-refractivity contribution in [2.75, 3.05) is 5.73 Å². The van der Waals surface area contributed by atoms with E-state index in [1.54, 1.807) is 6.20 Å². The molecule has 4 heteroatoms. The van der Waals surface area contributed by atoms with Crippen LogP contribution in [0.5, 0.6) is 0 Å². The first-order chi connectivity index (χ1) is 5.29. The van der Waals surface area contributed by atoms with E-state index in [9.17, 15) is 0 Å². The largest absolute Gasteiger partial charge is 0.397 e. The Bertz CT molecular complexity index is 396. The predicted molar refractivity (Wildman–Crippen MR) is 51.7 cm³/mol. The highest BCUT2D eigenvalue weighted by Crippen LogP contribution is 2.30. The van der Waals surface area contributed by atoms with Crippen molar-refractivity contribution in [2.45, 2.75) is 0 Å². The Morgan fingerprint density at radius 1 is 1.45 bits per heavy atom. The fraction of sp³-hybridized carbons (Fsp3) is 0. The van der Waals surface area contributed by atoms with Crippen LogP contribution in [-0.2, 0) is 0 Å². The molecule has 0 unspecified atom stereocenters. The van der Waals surface area contributed by atoms with Gasteiger partial charge in [0.25, 0.3) is 0 Å². The van der Waals surface area contributed by atoms with Gasteiger partial charge in [-0.05, 0) is 39.6 Å². The summed E-state index contributed by atoms with van der Waals surface area (Å²) in [5.41, 5.74) is 6.56. The van der Waals surface area contributed by atoms with Gasteiger partial charge in [-0.2, -0.15) is 4.37 Å². The molecular weight excluding hydrogens is 224 g/mol. The molecule has 2 aromatic rings. The molecule has 0 saturated heterocycles. The molecule has 2 N–H and O–H groups in total. The zero-order valence-electron chi connectivity index (χ0n) is 5.54. The van der Waals surface area contributed by atoms with Crippen LogP contribution in [0.4, 0.5) is 5.69 Å². The van der Waals surface area contributed by atoms with E-state index in [4.69, 9.17) is 5.73 Å². The molecule has 1 aromatic carbocycles. The number of anilines is 1. The zero-order valence-corrected chi connectivity index (χ0v) is 7.95. The highest BCUT2D eigenvalue weighted by Gasteiger charge is 2.02. The first-order valence-electron chi connectivity index (χ1n) is 3.07. The van der Waals surface area contributed by atoms with Crippen molar-refractivity contribution in [3.63, 3.8) is 0 Å². The normalized spacial score (nSPS) is 10.6. The van der Waals surface area contributed by atoms with Gasteiger partial charge in [0.1, 0.15) is 0 Å². The van der Waals surface area contributed by atoms with E-state index >= 15 is 0 Å². The fourth-order valence-corrected chi connectivity index (χ4v) is 1.95. The maximum atomic E-state index is 5.78. The number of nitrogen functional groups attached to an aromatic ring is 1. The number of aromatic nitrogens is 1. The van der Waals surface area contributed by atoms with Crippen molar-refractivity contribution in [3.05, 3.63) is 22.8 Å². The second-order valence-electron chi connectivity index (χ2n) is 2.20. The zero-order chi connectivity index (χ0) is 7.84. The third-order valence-corrected chi connectivity index (χ3v) is 2.98. The van der Waals surface area contributed by atoms with Gasteiger partial charge in [0.05, 0.1) is 16.6 Å². The molecule has 11 heavy (non-hydrogen) atoms. The predicted octanol–water partition coefficient (Wildman–Crippen LogP) is 2.64. The van der Waals surface area contributed by atoms with Crippen LogP contribution in [0, 0.1) is 0 Å².